The van der Waals surface area contributed by atoms with Gasteiger partial charge in [-0.05, 0) is 116 Å². The Labute approximate surface area is 209 Å². The molecule has 4 fully saturated rings. The number of methoxy groups -OCH3 is 1. The van der Waals surface area contributed by atoms with Crippen LogP contribution >= 0.6 is 0 Å². The minimum atomic E-state index is -0.268. The molecule has 190 valence electrons. The fourth-order valence-electron chi connectivity index (χ4n) is 10.8. The zero-order chi connectivity index (χ0) is 25.1. The molecule has 0 bridgehead atoms. The van der Waals surface area contributed by atoms with Gasteiger partial charge in [0.2, 0.25) is 0 Å². The van der Waals surface area contributed by atoms with Gasteiger partial charge in [0, 0.05) is 6.42 Å². The maximum Gasteiger partial charge on any atom is 0.312 e. The number of allylic oxidation sites excluding steroid dienone is 1. The monoisotopic (exact) mass is 467 g/mol. The zero-order valence-electron chi connectivity index (χ0n) is 23.0. The maximum absolute atomic E-state index is 13.4. The van der Waals surface area contributed by atoms with E-state index in [-0.39, 0.29) is 27.6 Å². The predicted molar refractivity (Wildman–Crippen MR) is 138 cm³/mol. The highest BCUT2D eigenvalue weighted by Gasteiger charge is 2.70. The van der Waals surface area contributed by atoms with Gasteiger partial charge in [-0.2, -0.15) is 5.26 Å². The largest absolute Gasteiger partial charge is 0.469 e. The van der Waals surface area contributed by atoms with Crippen LogP contribution in [0.4, 0.5) is 0 Å². The summed E-state index contributed by atoms with van der Waals surface area (Å²) >= 11 is 0. The number of carbonyl (C=O) groups is 1. The molecule has 0 aromatic heterocycles. The molecule has 34 heavy (non-hydrogen) atoms. The molecule has 4 saturated carbocycles. The molecule has 0 heterocycles. The van der Waals surface area contributed by atoms with E-state index in [1.54, 1.807) is 7.11 Å². The van der Waals surface area contributed by atoms with Gasteiger partial charge in [0.25, 0.3) is 0 Å². The van der Waals surface area contributed by atoms with E-state index in [4.69, 9.17) is 4.74 Å². The van der Waals surface area contributed by atoms with Gasteiger partial charge in [0.15, 0.2) is 0 Å². The van der Waals surface area contributed by atoms with Gasteiger partial charge in [-0.15, -0.1) is 0 Å². The van der Waals surface area contributed by atoms with Gasteiger partial charge in [-0.3, -0.25) is 4.79 Å². The Bertz CT molecular complexity index is 871. The summed E-state index contributed by atoms with van der Waals surface area (Å²) in [6.07, 6.45) is 10.8. The second-order valence-electron chi connectivity index (χ2n) is 13.8. The highest BCUT2D eigenvalue weighted by atomic mass is 16.5. The van der Waals surface area contributed by atoms with Crippen molar-refractivity contribution in [3.8, 4) is 6.07 Å². The number of hydrogen-bond donors (Lipinski definition) is 0. The van der Waals surface area contributed by atoms with Gasteiger partial charge in [-0.1, -0.05) is 46.8 Å². The number of hydrogen-bond acceptors (Lipinski definition) is 3. The second-order valence-corrected chi connectivity index (χ2v) is 13.8. The highest BCUT2D eigenvalue weighted by molar-refractivity contribution is 5.78. The fourth-order valence-corrected chi connectivity index (χ4v) is 10.8. The van der Waals surface area contributed by atoms with Crippen LogP contribution in [0.3, 0.4) is 0 Å². The molecular weight excluding hydrogens is 418 g/mol. The van der Waals surface area contributed by atoms with Crippen LogP contribution in [0.1, 0.15) is 106 Å². The van der Waals surface area contributed by atoms with Gasteiger partial charge in [-0.25, -0.2) is 0 Å². The highest BCUT2D eigenvalue weighted by Crippen LogP contribution is 2.76. The van der Waals surface area contributed by atoms with E-state index in [1.807, 2.05) is 0 Å². The van der Waals surface area contributed by atoms with Crippen molar-refractivity contribution in [1.82, 2.24) is 0 Å². The van der Waals surface area contributed by atoms with Crippen molar-refractivity contribution in [3.05, 3.63) is 12.2 Å². The van der Waals surface area contributed by atoms with Gasteiger partial charge < -0.3 is 4.74 Å². The lowest BCUT2D eigenvalue weighted by atomic mass is 9.34. The predicted octanol–water partition coefficient (Wildman–Crippen LogP) is 7.96. The van der Waals surface area contributed by atoms with Crippen molar-refractivity contribution >= 4 is 5.97 Å². The lowest BCUT2D eigenvalue weighted by Gasteiger charge is -2.70. The first-order valence-corrected chi connectivity index (χ1v) is 14.0. The second kappa shape index (κ2) is 8.67. The Hall–Kier alpha value is -1.30. The standard InChI is InChI=1S/C31H49NO2/c1-20(2)22-12-16-31(27(33)34-8)18-17-29(6)24(26(22)31)10-11-25-28(5,14-9-19-32)23(21(3)4)13-15-30(25,29)7/h20,22-26H,3,9-18H2,1-2,4-8H3/t22-,23-,24+,25+,26-,28-,29+,30+,31-/m0/s1. The number of fused-ring (bicyclic) bond motifs is 5. The Kier molecular flexibility index (Phi) is 6.58. The Morgan fingerprint density at radius 1 is 1.06 bits per heavy atom. The van der Waals surface area contributed by atoms with Crippen LogP contribution in [0.5, 0.6) is 0 Å². The lowest BCUT2D eigenvalue weighted by molar-refractivity contribution is -0.222. The smallest absolute Gasteiger partial charge is 0.312 e. The summed E-state index contributed by atoms with van der Waals surface area (Å²) in [5.74, 6) is 3.42. The number of rotatable bonds is 5. The summed E-state index contributed by atoms with van der Waals surface area (Å²) in [6.45, 7) is 19.1. The van der Waals surface area contributed by atoms with Crippen molar-refractivity contribution in [1.29, 1.82) is 5.26 Å². The van der Waals surface area contributed by atoms with Gasteiger partial charge in [0.05, 0.1) is 18.6 Å². The van der Waals surface area contributed by atoms with Gasteiger partial charge in [0.1, 0.15) is 0 Å². The van der Waals surface area contributed by atoms with Crippen LogP contribution < -0.4 is 0 Å². The molecule has 0 aromatic rings. The van der Waals surface area contributed by atoms with E-state index in [0.29, 0.717) is 41.9 Å². The number of carbonyl (C=O) groups excluding carboxylic acids is 1. The number of ether oxygens (including phenoxy) is 1. The van der Waals surface area contributed by atoms with Crippen molar-refractivity contribution in [3.63, 3.8) is 0 Å². The molecule has 9 atom stereocenters. The molecule has 4 rings (SSSR count). The quantitative estimate of drug-likeness (QED) is 0.304. The van der Waals surface area contributed by atoms with Crippen molar-refractivity contribution in [2.24, 2.45) is 57.2 Å². The van der Waals surface area contributed by atoms with Crippen molar-refractivity contribution < 1.29 is 9.53 Å². The summed E-state index contributed by atoms with van der Waals surface area (Å²) in [5, 5.41) is 9.51. The molecule has 4 aliphatic rings. The summed E-state index contributed by atoms with van der Waals surface area (Å²) in [5.41, 5.74) is 1.63. The molecule has 4 aliphatic carbocycles. The Balaban J connectivity index is 1.78. The fraction of sp³-hybridized carbons (Fsp3) is 0.871. The van der Waals surface area contributed by atoms with E-state index >= 15 is 0 Å². The number of esters is 1. The molecule has 0 N–H and O–H groups in total. The third kappa shape index (κ3) is 3.29. The van der Waals surface area contributed by atoms with E-state index in [2.05, 4.69) is 54.2 Å². The molecular formula is C31H49NO2. The molecule has 3 nitrogen and oxygen atoms in total. The molecule has 0 aliphatic heterocycles. The van der Waals surface area contributed by atoms with E-state index in [0.717, 1.165) is 25.7 Å². The summed E-state index contributed by atoms with van der Waals surface area (Å²) in [4.78, 5) is 13.4. The average molecular weight is 468 g/mol. The molecule has 0 aromatic carbocycles. The summed E-state index contributed by atoms with van der Waals surface area (Å²) in [7, 11) is 1.60. The molecule has 3 heteroatoms. The average Bonchev–Trinajstić information content (AvgIpc) is 3.19. The van der Waals surface area contributed by atoms with Crippen LogP contribution in [0.25, 0.3) is 0 Å². The van der Waals surface area contributed by atoms with Gasteiger partial charge >= 0.3 is 5.97 Å². The topological polar surface area (TPSA) is 50.1 Å². The van der Waals surface area contributed by atoms with E-state index < -0.39 is 0 Å². The van der Waals surface area contributed by atoms with E-state index in [1.165, 1.54) is 37.7 Å². The van der Waals surface area contributed by atoms with Crippen molar-refractivity contribution in [2.45, 2.75) is 106 Å². The first-order valence-electron chi connectivity index (χ1n) is 14.0. The lowest BCUT2D eigenvalue weighted by Crippen LogP contribution is -2.64. The minimum absolute atomic E-state index is 0.0693. The normalized spacial score (nSPS) is 47.8. The Morgan fingerprint density at radius 2 is 1.76 bits per heavy atom. The SMILES string of the molecule is C=C(C)[C@@H]1CC[C@]2(C)[C@H](CC[C@@H]3[C@@H]4[C@H](C(C)C)CC[C@]4(C(=O)OC)CC[C@]32C)[C@@]1(C)CCC#N. The Morgan fingerprint density at radius 3 is 2.35 bits per heavy atom. The molecule has 0 amide bonds. The summed E-state index contributed by atoms with van der Waals surface area (Å²) in [6, 6.07) is 2.46. The molecule has 0 spiro atoms. The van der Waals surface area contributed by atoms with Crippen LogP contribution in [-0.2, 0) is 9.53 Å². The first-order chi connectivity index (χ1) is 15.9. The molecule has 0 radical (unpaired) electrons. The molecule has 0 unspecified atom stereocenters. The number of nitriles is 1. The first kappa shape index (κ1) is 25.8. The van der Waals surface area contributed by atoms with Crippen LogP contribution in [0, 0.1) is 68.5 Å². The van der Waals surface area contributed by atoms with Crippen molar-refractivity contribution in [2.75, 3.05) is 7.11 Å². The maximum atomic E-state index is 13.4. The number of nitrogens with zero attached hydrogens (tertiary/aromatic N) is 1. The zero-order valence-corrected chi connectivity index (χ0v) is 23.0. The van der Waals surface area contributed by atoms with Crippen LogP contribution in [-0.4, -0.2) is 13.1 Å². The van der Waals surface area contributed by atoms with Crippen LogP contribution in [0.15, 0.2) is 12.2 Å². The van der Waals surface area contributed by atoms with E-state index in [9.17, 15) is 10.1 Å². The van der Waals surface area contributed by atoms with Crippen LogP contribution in [0.2, 0.25) is 0 Å². The minimum Gasteiger partial charge on any atom is -0.469 e. The summed E-state index contributed by atoms with van der Waals surface area (Å²) < 4.78 is 5.51. The molecule has 0 saturated heterocycles. The third-order valence-electron chi connectivity index (χ3n) is 12.6. The third-order valence-corrected chi connectivity index (χ3v) is 12.6.